The lowest BCUT2D eigenvalue weighted by molar-refractivity contribution is -0.0129. The van der Waals surface area contributed by atoms with Gasteiger partial charge in [-0.3, -0.25) is 0 Å². The summed E-state index contributed by atoms with van der Waals surface area (Å²) < 4.78 is 2.78. The molecule has 1 aromatic carbocycles. The zero-order valence-corrected chi connectivity index (χ0v) is 19.6. The molecule has 1 spiro atoms. The number of anilines is 1. The van der Waals surface area contributed by atoms with Gasteiger partial charge in [0.05, 0.1) is 27.8 Å². The topological polar surface area (TPSA) is 110 Å². The van der Waals surface area contributed by atoms with E-state index in [1.165, 1.54) is 0 Å². The molecule has 4 aromatic rings. The van der Waals surface area contributed by atoms with Gasteiger partial charge in [-0.25, -0.2) is 15.0 Å². The number of hydrogen-bond acceptors (Lipinski definition) is 6. The van der Waals surface area contributed by atoms with Crippen LogP contribution in [0.2, 0.25) is 0 Å². The molecular formula is C25H24BrN5O2. The predicted octanol–water partition coefficient (Wildman–Crippen LogP) is 4.03. The highest BCUT2D eigenvalue weighted by Gasteiger charge is 2.54. The smallest absolute Gasteiger partial charge is 0.143 e. The summed E-state index contributed by atoms with van der Waals surface area (Å²) in [6.45, 7) is 1.95. The second-order valence-corrected chi connectivity index (χ2v) is 10.2. The molecule has 0 saturated heterocycles. The molecule has 168 valence electrons. The minimum atomic E-state index is -0.880. The molecule has 8 heteroatoms. The third-order valence-electron chi connectivity index (χ3n) is 7.47. The molecule has 33 heavy (non-hydrogen) atoms. The summed E-state index contributed by atoms with van der Waals surface area (Å²) in [6, 6.07) is 9.92. The van der Waals surface area contributed by atoms with Crippen LogP contribution in [0.3, 0.4) is 0 Å². The van der Waals surface area contributed by atoms with E-state index in [-0.39, 0.29) is 12.0 Å². The first-order valence-electron chi connectivity index (χ1n) is 11.1. The maximum Gasteiger partial charge on any atom is 0.143 e. The average Bonchev–Trinajstić information content (AvgIpc) is 3.48. The first-order valence-corrected chi connectivity index (χ1v) is 11.8. The van der Waals surface area contributed by atoms with E-state index >= 15 is 0 Å². The van der Waals surface area contributed by atoms with Crippen LogP contribution in [0.1, 0.15) is 36.1 Å². The molecule has 3 heterocycles. The molecule has 0 bridgehead atoms. The summed E-state index contributed by atoms with van der Waals surface area (Å²) in [5.41, 5.74) is 9.16. The molecule has 6 rings (SSSR count). The predicted molar refractivity (Wildman–Crippen MR) is 131 cm³/mol. The second kappa shape index (κ2) is 7.35. The SMILES string of the molecule is Cc1ncnc2c1ccn2C1CC2(C=CC(c3ccc4cc(Br)c(N)nc4c3)C2)C(O)C1O. The summed E-state index contributed by atoms with van der Waals surface area (Å²) in [6.07, 6.45) is 7.38. The van der Waals surface area contributed by atoms with Crippen LogP contribution >= 0.6 is 15.9 Å². The van der Waals surface area contributed by atoms with Crippen LogP contribution in [0.4, 0.5) is 5.82 Å². The number of hydrogen-bond donors (Lipinski definition) is 3. The molecule has 0 radical (unpaired) electrons. The van der Waals surface area contributed by atoms with E-state index in [4.69, 9.17) is 5.73 Å². The zero-order valence-electron chi connectivity index (χ0n) is 18.1. The van der Waals surface area contributed by atoms with Gasteiger partial charge in [-0.05, 0) is 59.5 Å². The number of nitrogen functional groups attached to an aromatic ring is 1. The van der Waals surface area contributed by atoms with Gasteiger partial charge in [0.1, 0.15) is 23.9 Å². The van der Waals surface area contributed by atoms with Crippen molar-refractivity contribution in [1.29, 1.82) is 0 Å². The number of aliphatic hydroxyl groups excluding tert-OH is 2. The summed E-state index contributed by atoms with van der Waals surface area (Å²) in [4.78, 5) is 13.2. The summed E-state index contributed by atoms with van der Waals surface area (Å²) in [5, 5.41) is 24.2. The quantitative estimate of drug-likeness (QED) is 0.354. The number of nitrogens with two attached hydrogens (primary N) is 1. The number of benzene rings is 1. The van der Waals surface area contributed by atoms with Crippen molar-refractivity contribution in [2.45, 2.75) is 43.9 Å². The standard InChI is InChI=1S/C25H24BrN5O2/c1-13-17-5-7-31(24(17)29-12-28-13)20-11-25(22(33)21(20)32)6-4-16(10-25)14-2-3-15-8-18(26)23(27)30-19(15)9-14/h2-9,12,16,20-22,32-33H,10-11H2,1H3,(H2,27,30). The van der Waals surface area contributed by atoms with Crippen molar-refractivity contribution >= 4 is 43.7 Å². The molecule has 0 amide bonds. The number of allylic oxidation sites excluding steroid dienone is 1. The van der Waals surface area contributed by atoms with E-state index < -0.39 is 17.6 Å². The Labute approximate surface area is 199 Å². The van der Waals surface area contributed by atoms with Crippen LogP contribution in [0.25, 0.3) is 21.9 Å². The maximum atomic E-state index is 11.2. The first kappa shape index (κ1) is 20.8. The van der Waals surface area contributed by atoms with E-state index in [2.05, 4.69) is 61.2 Å². The fourth-order valence-corrected chi connectivity index (χ4v) is 6.00. The van der Waals surface area contributed by atoms with Crippen LogP contribution in [-0.2, 0) is 0 Å². The third-order valence-corrected chi connectivity index (χ3v) is 8.11. The lowest BCUT2D eigenvalue weighted by atomic mass is 9.80. The van der Waals surface area contributed by atoms with Crippen molar-refractivity contribution in [2.75, 3.05) is 5.73 Å². The van der Waals surface area contributed by atoms with Crippen LogP contribution in [0.5, 0.6) is 0 Å². The number of fused-ring (bicyclic) bond motifs is 2. The van der Waals surface area contributed by atoms with Gasteiger partial charge in [0, 0.05) is 28.3 Å². The molecule has 1 fully saturated rings. The van der Waals surface area contributed by atoms with Gasteiger partial charge in [-0.1, -0.05) is 24.3 Å². The number of nitrogens with zero attached hydrogens (tertiary/aromatic N) is 4. The van der Waals surface area contributed by atoms with Crippen molar-refractivity contribution in [3.8, 4) is 0 Å². The van der Waals surface area contributed by atoms with Gasteiger partial charge >= 0.3 is 0 Å². The zero-order chi connectivity index (χ0) is 22.9. The Hall–Kier alpha value is -2.81. The minimum absolute atomic E-state index is 0.132. The van der Waals surface area contributed by atoms with Gasteiger partial charge < -0.3 is 20.5 Å². The number of rotatable bonds is 2. The van der Waals surface area contributed by atoms with Crippen LogP contribution < -0.4 is 5.73 Å². The summed E-state index contributed by atoms with van der Waals surface area (Å²) >= 11 is 3.43. The number of pyridine rings is 1. The molecule has 2 aliphatic rings. The van der Waals surface area contributed by atoms with Gasteiger partial charge in [-0.2, -0.15) is 0 Å². The summed E-state index contributed by atoms with van der Waals surface area (Å²) in [5.74, 6) is 0.598. The average molecular weight is 506 g/mol. The Morgan fingerprint density at radius 3 is 2.85 bits per heavy atom. The summed E-state index contributed by atoms with van der Waals surface area (Å²) in [7, 11) is 0. The molecule has 4 N–H and O–H groups in total. The Bertz CT molecular complexity index is 1430. The number of aliphatic hydroxyl groups is 2. The van der Waals surface area contributed by atoms with Crippen molar-refractivity contribution in [3.05, 3.63) is 70.7 Å². The van der Waals surface area contributed by atoms with E-state index in [1.54, 1.807) is 6.33 Å². The van der Waals surface area contributed by atoms with Gasteiger partial charge in [-0.15, -0.1) is 0 Å². The van der Waals surface area contributed by atoms with Crippen molar-refractivity contribution < 1.29 is 10.2 Å². The normalized spacial score (nSPS) is 29.1. The second-order valence-electron chi connectivity index (χ2n) is 9.34. The van der Waals surface area contributed by atoms with Gasteiger partial charge in [0.25, 0.3) is 0 Å². The largest absolute Gasteiger partial charge is 0.389 e. The lowest BCUT2D eigenvalue weighted by Gasteiger charge is -2.27. The number of aryl methyl sites for hydroxylation is 1. The molecule has 2 aliphatic carbocycles. The monoisotopic (exact) mass is 505 g/mol. The Kier molecular flexibility index (Phi) is 4.62. The molecule has 1 saturated carbocycles. The third kappa shape index (κ3) is 3.12. The Morgan fingerprint density at radius 2 is 2.00 bits per heavy atom. The van der Waals surface area contributed by atoms with Gasteiger partial charge in [0.15, 0.2) is 0 Å². The number of halogens is 1. The highest BCUT2D eigenvalue weighted by molar-refractivity contribution is 9.10. The Morgan fingerprint density at radius 1 is 1.15 bits per heavy atom. The highest BCUT2D eigenvalue weighted by Crippen LogP contribution is 2.55. The van der Waals surface area contributed by atoms with Crippen molar-refractivity contribution in [1.82, 2.24) is 19.5 Å². The van der Waals surface area contributed by atoms with E-state index in [0.29, 0.717) is 12.2 Å². The van der Waals surface area contributed by atoms with Crippen molar-refractivity contribution in [3.63, 3.8) is 0 Å². The molecular weight excluding hydrogens is 482 g/mol. The Balaban J connectivity index is 1.31. The molecule has 7 nitrogen and oxygen atoms in total. The van der Waals surface area contributed by atoms with E-state index in [1.807, 2.05) is 29.8 Å². The van der Waals surface area contributed by atoms with Crippen molar-refractivity contribution in [2.24, 2.45) is 5.41 Å². The number of aromatic nitrogens is 4. The first-order chi connectivity index (χ1) is 15.9. The minimum Gasteiger partial charge on any atom is -0.389 e. The molecule has 0 aliphatic heterocycles. The molecule has 3 aromatic heterocycles. The van der Waals surface area contributed by atoms with Crippen LogP contribution in [-0.4, -0.2) is 41.9 Å². The van der Waals surface area contributed by atoms with Crippen LogP contribution in [0, 0.1) is 12.3 Å². The van der Waals surface area contributed by atoms with Crippen LogP contribution in [0.15, 0.2) is 59.5 Å². The molecule has 5 unspecified atom stereocenters. The lowest BCUT2D eigenvalue weighted by Crippen LogP contribution is -2.34. The van der Waals surface area contributed by atoms with Gasteiger partial charge in [0.2, 0.25) is 0 Å². The van der Waals surface area contributed by atoms with E-state index in [0.717, 1.165) is 44.1 Å². The van der Waals surface area contributed by atoms with E-state index in [9.17, 15) is 10.2 Å². The highest BCUT2D eigenvalue weighted by atomic mass is 79.9. The fourth-order valence-electron chi connectivity index (χ4n) is 5.67. The maximum absolute atomic E-state index is 11.2. The molecule has 5 atom stereocenters. The fraction of sp³-hybridized carbons (Fsp3) is 0.320.